The fraction of sp³-hybridized carbons (Fsp3) is 0.714. The summed E-state index contributed by atoms with van der Waals surface area (Å²) in [5.74, 6) is -2.40. The van der Waals surface area contributed by atoms with E-state index in [0.717, 1.165) is 70.6 Å². The molecule has 0 aliphatic carbocycles. The van der Waals surface area contributed by atoms with Gasteiger partial charge < -0.3 is 25.6 Å². The maximum absolute atomic E-state index is 12.8. The monoisotopic (exact) mass is 813 g/mol. The first-order valence-electron chi connectivity index (χ1n) is 23.2. The Balaban J connectivity index is 4.35. The fourth-order valence-electron chi connectivity index (χ4n) is 6.38. The Labute approximate surface area is 353 Å². The number of aliphatic hydroxyl groups excluding tert-OH is 1. The van der Waals surface area contributed by atoms with E-state index in [2.05, 4.69) is 79.2 Å². The quantitative estimate of drug-likeness (QED) is 0.0273. The Kier molecular flexibility index (Phi) is 40.6. The lowest BCUT2D eigenvalue weighted by atomic mass is 10.1. The van der Waals surface area contributed by atoms with E-state index in [4.69, 9.17) is 14.9 Å². The van der Waals surface area contributed by atoms with Crippen molar-refractivity contribution in [3.8, 4) is 0 Å². The highest BCUT2D eigenvalue weighted by Crippen LogP contribution is 2.15. The van der Waals surface area contributed by atoms with Crippen LogP contribution in [-0.2, 0) is 23.9 Å². The van der Waals surface area contributed by atoms with E-state index in [-0.39, 0.29) is 30.9 Å². The third-order valence-electron chi connectivity index (χ3n) is 9.97. The average Bonchev–Trinajstić information content (AvgIpc) is 3.21. The first-order valence-corrected chi connectivity index (χ1v) is 23.2. The van der Waals surface area contributed by atoms with Gasteiger partial charge in [0.1, 0.15) is 12.1 Å². The van der Waals surface area contributed by atoms with E-state index >= 15 is 0 Å². The minimum absolute atomic E-state index is 0.120. The van der Waals surface area contributed by atoms with Gasteiger partial charge in [-0.3, -0.25) is 14.4 Å². The molecule has 0 spiro atoms. The number of hydrogen-bond acceptors (Lipinski definition) is 6. The number of nitrogens with one attached hydrogen (secondary N) is 2. The smallest absolute Gasteiger partial charge is 0.328 e. The number of carboxylic acids is 1. The lowest BCUT2D eigenvalue weighted by molar-refractivity contribution is -0.147. The number of allylic oxidation sites excluding steroid dienone is 9. The van der Waals surface area contributed by atoms with E-state index in [1.807, 2.05) is 6.08 Å². The number of carboxylic acid groups (broad SMARTS) is 1. The molecule has 0 saturated heterocycles. The summed E-state index contributed by atoms with van der Waals surface area (Å²) in [6.07, 6.45) is 52.6. The zero-order valence-electron chi connectivity index (χ0n) is 36.8. The summed E-state index contributed by atoms with van der Waals surface area (Å²) in [4.78, 5) is 47.6. The van der Waals surface area contributed by atoms with Crippen LogP contribution < -0.4 is 10.6 Å². The Morgan fingerprint density at radius 3 is 1.50 bits per heavy atom. The predicted molar refractivity (Wildman–Crippen MR) is 240 cm³/mol. The van der Waals surface area contributed by atoms with Crippen LogP contribution in [0.4, 0.5) is 0 Å². The van der Waals surface area contributed by atoms with E-state index in [0.29, 0.717) is 12.8 Å². The molecule has 0 radical (unpaired) electrons. The van der Waals surface area contributed by atoms with Crippen LogP contribution in [0.3, 0.4) is 0 Å². The summed E-state index contributed by atoms with van der Waals surface area (Å²) in [7, 11) is 0. The molecular weight excluding hydrogens is 729 g/mol. The molecule has 9 nitrogen and oxygen atoms in total. The third-order valence-corrected chi connectivity index (χ3v) is 9.97. The van der Waals surface area contributed by atoms with Crippen molar-refractivity contribution < 1.29 is 34.1 Å². The Bertz CT molecular complexity index is 1160. The number of aliphatic carboxylic acids is 1. The summed E-state index contributed by atoms with van der Waals surface area (Å²) < 4.78 is 5.93. The molecule has 0 aromatic carbocycles. The Morgan fingerprint density at radius 2 is 0.983 bits per heavy atom. The molecule has 332 valence electrons. The highest BCUT2D eigenvalue weighted by Gasteiger charge is 2.18. The lowest BCUT2D eigenvalue weighted by Gasteiger charge is -2.15. The fourth-order valence-corrected chi connectivity index (χ4v) is 6.38. The van der Waals surface area contributed by atoms with E-state index in [1.54, 1.807) is 0 Å². The van der Waals surface area contributed by atoms with Gasteiger partial charge in [0, 0.05) is 12.8 Å². The van der Waals surface area contributed by atoms with Crippen molar-refractivity contribution in [2.75, 3.05) is 13.2 Å². The van der Waals surface area contributed by atoms with Crippen LogP contribution in [0.5, 0.6) is 0 Å². The van der Waals surface area contributed by atoms with Crippen LogP contribution in [0.15, 0.2) is 60.8 Å². The highest BCUT2D eigenvalue weighted by molar-refractivity contribution is 5.87. The molecule has 0 aromatic heterocycles. The molecule has 0 saturated carbocycles. The van der Waals surface area contributed by atoms with Gasteiger partial charge in [0.2, 0.25) is 11.8 Å². The number of esters is 1. The van der Waals surface area contributed by atoms with Crippen LogP contribution in [-0.4, -0.2) is 59.3 Å². The topological polar surface area (TPSA) is 142 Å². The summed E-state index contributed by atoms with van der Waals surface area (Å²) in [5, 5.41) is 22.5. The van der Waals surface area contributed by atoms with Crippen molar-refractivity contribution in [3.63, 3.8) is 0 Å². The van der Waals surface area contributed by atoms with Gasteiger partial charge in [0.05, 0.1) is 13.2 Å². The molecule has 2 amide bonds. The van der Waals surface area contributed by atoms with Gasteiger partial charge in [-0.05, 0) is 89.5 Å². The summed E-state index contributed by atoms with van der Waals surface area (Å²) in [6.45, 7) is 3.41. The number of hydrogen-bond donors (Lipinski definition) is 4. The largest absolute Gasteiger partial charge is 0.480 e. The first kappa shape index (κ1) is 54.5. The molecule has 0 rings (SSSR count). The van der Waals surface area contributed by atoms with Crippen molar-refractivity contribution in [1.29, 1.82) is 0 Å². The number of ether oxygens (including phenoxy) is 1. The van der Waals surface area contributed by atoms with Crippen molar-refractivity contribution in [2.24, 2.45) is 0 Å². The van der Waals surface area contributed by atoms with Gasteiger partial charge in [-0.15, -0.1) is 0 Å². The molecular formula is C49H84N2O7. The van der Waals surface area contributed by atoms with Gasteiger partial charge in [-0.25, -0.2) is 4.79 Å². The number of amides is 2. The predicted octanol–water partition coefficient (Wildman–Crippen LogP) is 11.7. The molecule has 0 aliphatic heterocycles. The van der Waals surface area contributed by atoms with E-state index in [1.165, 1.54) is 96.3 Å². The Morgan fingerprint density at radius 1 is 0.534 bits per heavy atom. The number of carbonyl (C=O) groups is 4. The first-order chi connectivity index (χ1) is 28.3. The molecule has 2 unspecified atom stereocenters. The molecule has 2 atom stereocenters. The van der Waals surface area contributed by atoms with Crippen LogP contribution in [0.1, 0.15) is 200 Å². The second-order valence-corrected chi connectivity index (χ2v) is 15.5. The maximum atomic E-state index is 12.8. The second-order valence-electron chi connectivity index (χ2n) is 15.5. The van der Waals surface area contributed by atoms with Crippen molar-refractivity contribution in [2.45, 2.75) is 212 Å². The normalized spacial score (nSPS) is 13.0. The molecule has 9 heteroatoms. The van der Waals surface area contributed by atoms with Gasteiger partial charge in [0.15, 0.2) is 0 Å². The van der Waals surface area contributed by atoms with Gasteiger partial charge in [0.25, 0.3) is 0 Å². The zero-order valence-corrected chi connectivity index (χ0v) is 36.8. The van der Waals surface area contributed by atoms with Crippen molar-refractivity contribution in [1.82, 2.24) is 10.6 Å². The third kappa shape index (κ3) is 39.4. The van der Waals surface area contributed by atoms with Crippen LogP contribution in [0, 0.1) is 0 Å². The molecule has 0 aromatic rings. The number of rotatable bonds is 41. The lowest BCUT2D eigenvalue weighted by Crippen LogP contribution is -2.47. The minimum Gasteiger partial charge on any atom is -0.480 e. The highest BCUT2D eigenvalue weighted by atomic mass is 16.5. The van der Waals surface area contributed by atoms with Crippen LogP contribution in [0.25, 0.3) is 0 Å². The summed E-state index contributed by atoms with van der Waals surface area (Å²) in [6, 6.07) is -1.39. The SMILES string of the molecule is CCCCC/C=C\C/C=C\C/C=C\C(CCCCCCCC(=O)NCC(=O)NC(CO)C(=O)O)OC(=O)CCCCCCCCCCC/C=C\C/C=C\CCCCC. The molecule has 58 heavy (non-hydrogen) atoms. The molecule has 0 bridgehead atoms. The summed E-state index contributed by atoms with van der Waals surface area (Å²) in [5.41, 5.74) is 0. The summed E-state index contributed by atoms with van der Waals surface area (Å²) >= 11 is 0. The molecule has 4 N–H and O–H groups in total. The maximum Gasteiger partial charge on any atom is 0.328 e. The number of carbonyl (C=O) groups excluding carboxylic acids is 3. The van der Waals surface area contributed by atoms with Crippen LogP contribution >= 0.6 is 0 Å². The van der Waals surface area contributed by atoms with Crippen LogP contribution in [0.2, 0.25) is 0 Å². The second kappa shape index (κ2) is 43.1. The van der Waals surface area contributed by atoms with Gasteiger partial charge in [-0.1, -0.05) is 158 Å². The van der Waals surface area contributed by atoms with Crippen molar-refractivity contribution in [3.05, 3.63) is 60.8 Å². The molecule has 0 aliphatic rings. The molecule has 0 fully saturated rings. The standard InChI is InChI=1S/C49H84N2O7/c1-3-5-7-9-11-13-15-16-17-18-19-20-21-22-24-26-28-33-37-41-48(55)58-44(38-34-30-27-25-23-14-12-10-8-6-4-2)39-35-31-29-32-36-40-46(53)50-42-47(54)51-45(43-52)49(56)57/h11-14,16-17,25,27,34,38,44-45,52H,3-10,15,18-24,26,28-33,35-37,39-43H2,1-2H3,(H,50,53)(H,51,54)(H,56,57)/b13-11-,14-12-,17-16-,27-25-,38-34-. The van der Waals surface area contributed by atoms with E-state index in [9.17, 15) is 19.2 Å². The van der Waals surface area contributed by atoms with Gasteiger partial charge in [-0.2, -0.15) is 0 Å². The average molecular weight is 813 g/mol. The van der Waals surface area contributed by atoms with E-state index < -0.39 is 24.5 Å². The zero-order chi connectivity index (χ0) is 42.6. The minimum atomic E-state index is -1.39. The Hall–Kier alpha value is -3.46. The number of aliphatic hydroxyl groups is 1. The van der Waals surface area contributed by atoms with Crippen molar-refractivity contribution >= 4 is 23.8 Å². The number of unbranched alkanes of at least 4 members (excludes halogenated alkanes) is 19. The molecule has 0 heterocycles. The van der Waals surface area contributed by atoms with Gasteiger partial charge >= 0.3 is 11.9 Å².